The normalized spacial score (nSPS) is 41.7. The van der Waals surface area contributed by atoms with E-state index in [4.69, 9.17) is 4.74 Å². The minimum absolute atomic E-state index is 0.333. The maximum atomic E-state index is 9.18. The number of hydrogen-bond acceptors (Lipinski definition) is 4. The van der Waals surface area contributed by atoms with Crippen molar-refractivity contribution in [3.05, 3.63) is 0 Å². The molecule has 0 saturated carbocycles. The van der Waals surface area contributed by atoms with E-state index in [9.17, 15) is 5.11 Å². The Balaban J connectivity index is 2.31. The SMILES string of the molecule is CO[C@H]1CC[C@](C)(O)OO1. The van der Waals surface area contributed by atoms with E-state index in [1.54, 1.807) is 6.92 Å². The summed E-state index contributed by atoms with van der Waals surface area (Å²) in [5, 5.41) is 9.18. The van der Waals surface area contributed by atoms with Crippen molar-refractivity contribution in [2.75, 3.05) is 7.11 Å². The third-order valence-corrected chi connectivity index (χ3v) is 1.44. The van der Waals surface area contributed by atoms with Crippen molar-refractivity contribution in [2.24, 2.45) is 0 Å². The highest BCUT2D eigenvalue weighted by Crippen LogP contribution is 2.23. The quantitative estimate of drug-likeness (QED) is 0.547. The molecule has 1 aliphatic heterocycles. The standard InChI is InChI=1S/C6H12O4/c1-6(7)4-3-5(8-2)9-10-6/h5,7H,3-4H2,1-2H3/t5-,6-/m1/s1. The van der Waals surface area contributed by atoms with Gasteiger partial charge in [-0.15, -0.1) is 0 Å². The number of ether oxygens (including phenoxy) is 1. The Morgan fingerprint density at radius 2 is 2.40 bits per heavy atom. The second kappa shape index (κ2) is 2.84. The Kier molecular flexibility index (Phi) is 2.25. The van der Waals surface area contributed by atoms with Crippen LogP contribution in [0.25, 0.3) is 0 Å². The molecule has 0 aliphatic carbocycles. The van der Waals surface area contributed by atoms with Crippen LogP contribution in [0.2, 0.25) is 0 Å². The second-order valence-corrected chi connectivity index (χ2v) is 2.56. The number of methoxy groups -OCH3 is 1. The fourth-order valence-corrected chi connectivity index (χ4v) is 0.790. The molecule has 4 heteroatoms. The zero-order valence-corrected chi connectivity index (χ0v) is 6.16. The lowest BCUT2D eigenvalue weighted by molar-refractivity contribution is -0.484. The molecule has 1 N–H and O–H groups in total. The molecule has 2 atom stereocenters. The van der Waals surface area contributed by atoms with Crippen LogP contribution >= 0.6 is 0 Å². The molecule has 1 fully saturated rings. The van der Waals surface area contributed by atoms with Gasteiger partial charge in [-0.1, -0.05) is 0 Å². The molecule has 4 nitrogen and oxygen atoms in total. The summed E-state index contributed by atoms with van der Waals surface area (Å²) in [6.07, 6.45) is 0.856. The van der Waals surface area contributed by atoms with E-state index in [1.165, 1.54) is 7.11 Å². The predicted molar refractivity (Wildman–Crippen MR) is 32.8 cm³/mol. The molecule has 1 heterocycles. The summed E-state index contributed by atoms with van der Waals surface area (Å²) >= 11 is 0. The van der Waals surface area contributed by atoms with Crippen molar-refractivity contribution in [1.29, 1.82) is 0 Å². The van der Waals surface area contributed by atoms with Crippen molar-refractivity contribution in [3.8, 4) is 0 Å². The molecule has 1 saturated heterocycles. The highest BCUT2D eigenvalue weighted by atomic mass is 17.2. The van der Waals surface area contributed by atoms with Crippen LogP contribution in [-0.4, -0.2) is 24.3 Å². The van der Waals surface area contributed by atoms with Gasteiger partial charge in [-0.25, -0.2) is 4.89 Å². The number of hydrogen-bond donors (Lipinski definition) is 1. The highest BCUT2D eigenvalue weighted by Gasteiger charge is 2.31. The fourth-order valence-electron chi connectivity index (χ4n) is 0.790. The molecule has 1 rings (SSSR count). The molecular formula is C6H12O4. The molecular weight excluding hydrogens is 136 g/mol. The fraction of sp³-hybridized carbons (Fsp3) is 1.00. The van der Waals surface area contributed by atoms with Gasteiger partial charge in [0, 0.05) is 20.0 Å². The van der Waals surface area contributed by atoms with Gasteiger partial charge in [0.15, 0.2) is 12.1 Å². The summed E-state index contributed by atoms with van der Waals surface area (Å²) in [5.41, 5.74) is 0. The second-order valence-electron chi connectivity index (χ2n) is 2.56. The predicted octanol–water partition coefficient (Wildman–Crippen LogP) is 0.409. The van der Waals surface area contributed by atoms with Gasteiger partial charge in [0.2, 0.25) is 0 Å². The molecule has 0 spiro atoms. The lowest BCUT2D eigenvalue weighted by Gasteiger charge is -2.30. The van der Waals surface area contributed by atoms with E-state index in [1.807, 2.05) is 0 Å². The van der Waals surface area contributed by atoms with E-state index in [-0.39, 0.29) is 6.29 Å². The van der Waals surface area contributed by atoms with E-state index in [2.05, 4.69) is 9.78 Å². The summed E-state index contributed by atoms with van der Waals surface area (Å²) in [4.78, 5) is 9.27. The lowest BCUT2D eigenvalue weighted by atomic mass is 10.1. The van der Waals surface area contributed by atoms with Crippen molar-refractivity contribution >= 4 is 0 Å². The zero-order chi connectivity index (χ0) is 7.61. The Hall–Kier alpha value is -0.160. The molecule has 0 aromatic rings. The average molecular weight is 148 g/mol. The Morgan fingerprint density at radius 1 is 1.70 bits per heavy atom. The molecule has 0 aromatic heterocycles. The molecule has 10 heavy (non-hydrogen) atoms. The molecule has 0 amide bonds. The van der Waals surface area contributed by atoms with E-state index in [0.717, 1.165) is 0 Å². The first-order valence-electron chi connectivity index (χ1n) is 3.24. The average Bonchev–Trinajstić information content (AvgIpc) is 1.88. The van der Waals surface area contributed by atoms with Crippen LogP contribution in [0.1, 0.15) is 19.8 Å². The van der Waals surface area contributed by atoms with Gasteiger partial charge in [0.05, 0.1) is 0 Å². The summed E-state index contributed by atoms with van der Waals surface area (Å²) < 4.78 is 4.83. The zero-order valence-electron chi connectivity index (χ0n) is 6.16. The summed E-state index contributed by atoms with van der Waals surface area (Å²) in [7, 11) is 1.54. The first-order chi connectivity index (χ1) is 4.64. The first kappa shape index (κ1) is 7.94. The summed E-state index contributed by atoms with van der Waals surface area (Å²) in [5.74, 6) is -1.14. The van der Waals surface area contributed by atoms with Gasteiger partial charge in [0.1, 0.15) is 0 Å². The third kappa shape index (κ3) is 1.91. The molecule has 0 bridgehead atoms. The monoisotopic (exact) mass is 148 g/mol. The third-order valence-electron chi connectivity index (χ3n) is 1.44. The molecule has 1 aliphatic rings. The number of aliphatic hydroxyl groups is 1. The van der Waals surface area contributed by atoms with Crippen molar-refractivity contribution < 1.29 is 19.6 Å². The number of rotatable bonds is 1. The maximum absolute atomic E-state index is 9.18. The van der Waals surface area contributed by atoms with Gasteiger partial charge < -0.3 is 9.84 Å². The lowest BCUT2D eigenvalue weighted by Crippen LogP contribution is -2.37. The van der Waals surface area contributed by atoms with Crippen molar-refractivity contribution in [3.63, 3.8) is 0 Å². The van der Waals surface area contributed by atoms with Crippen LogP contribution < -0.4 is 0 Å². The largest absolute Gasteiger partial charge is 0.363 e. The minimum Gasteiger partial charge on any atom is -0.363 e. The summed E-state index contributed by atoms with van der Waals surface area (Å²) in [6.45, 7) is 1.55. The van der Waals surface area contributed by atoms with Crippen molar-refractivity contribution in [2.45, 2.75) is 31.8 Å². The van der Waals surface area contributed by atoms with E-state index in [0.29, 0.717) is 12.8 Å². The maximum Gasteiger partial charge on any atom is 0.196 e. The smallest absolute Gasteiger partial charge is 0.196 e. The van der Waals surface area contributed by atoms with Crippen LogP contribution in [0.4, 0.5) is 0 Å². The van der Waals surface area contributed by atoms with Gasteiger partial charge in [0.25, 0.3) is 0 Å². The minimum atomic E-state index is -1.14. The van der Waals surface area contributed by atoms with Crippen molar-refractivity contribution in [1.82, 2.24) is 0 Å². The van der Waals surface area contributed by atoms with Gasteiger partial charge in [-0.3, -0.25) is 0 Å². The first-order valence-corrected chi connectivity index (χ1v) is 3.24. The van der Waals surface area contributed by atoms with Gasteiger partial charge >= 0.3 is 0 Å². The highest BCUT2D eigenvalue weighted by molar-refractivity contribution is 4.62. The Labute approximate surface area is 59.6 Å². The molecule has 0 aromatic carbocycles. The Bertz CT molecular complexity index is 102. The molecule has 60 valence electrons. The van der Waals surface area contributed by atoms with Gasteiger partial charge in [-0.05, 0) is 6.92 Å². The van der Waals surface area contributed by atoms with E-state index >= 15 is 0 Å². The summed E-state index contributed by atoms with van der Waals surface area (Å²) in [6, 6.07) is 0. The molecule has 0 unspecified atom stereocenters. The van der Waals surface area contributed by atoms with Crippen LogP contribution in [0, 0.1) is 0 Å². The van der Waals surface area contributed by atoms with Crippen LogP contribution in [-0.2, 0) is 14.5 Å². The van der Waals surface area contributed by atoms with Crippen LogP contribution in [0.3, 0.4) is 0 Å². The van der Waals surface area contributed by atoms with Gasteiger partial charge in [-0.2, -0.15) is 4.89 Å². The molecule has 0 radical (unpaired) electrons. The topological polar surface area (TPSA) is 47.9 Å². The van der Waals surface area contributed by atoms with Crippen LogP contribution in [0.5, 0.6) is 0 Å². The Morgan fingerprint density at radius 3 is 2.80 bits per heavy atom. The van der Waals surface area contributed by atoms with E-state index < -0.39 is 5.79 Å². The van der Waals surface area contributed by atoms with Crippen LogP contribution in [0.15, 0.2) is 0 Å².